The molecule has 0 aliphatic rings. The standard InChI is InChI=1S/C20H14Cl3FN2O4S/c1-30-19-7-4-13(31(28,29)26-12-3-6-17(24)16(23)9-12)10-18(19)25-20(27)14-5-2-11(21)8-15(14)22/h2-10,26H,1H3,(H,25,27). The Bertz CT molecular complexity index is 1270. The molecule has 31 heavy (non-hydrogen) atoms. The van der Waals surface area contributed by atoms with E-state index in [0.717, 1.165) is 12.1 Å². The Balaban J connectivity index is 1.92. The molecule has 3 rings (SSSR count). The highest BCUT2D eigenvalue weighted by molar-refractivity contribution is 7.92. The number of methoxy groups -OCH3 is 1. The zero-order valence-electron chi connectivity index (χ0n) is 15.7. The van der Waals surface area contributed by atoms with Crippen LogP contribution in [0.5, 0.6) is 5.75 Å². The largest absolute Gasteiger partial charge is 0.495 e. The number of amides is 1. The molecule has 2 N–H and O–H groups in total. The van der Waals surface area contributed by atoms with E-state index >= 15 is 0 Å². The lowest BCUT2D eigenvalue weighted by atomic mass is 10.2. The maximum Gasteiger partial charge on any atom is 0.261 e. The summed E-state index contributed by atoms with van der Waals surface area (Å²) in [6.07, 6.45) is 0. The third-order valence-electron chi connectivity index (χ3n) is 4.08. The summed E-state index contributed by atoms with van der Waals surface area (Å²) in [4.78, 5) is 12.5. The number of halogens is 4. The van der Waals surface area contributed by atoms with Gasteiger partial charge in [-0.15, -0.1) is 0 Å². The molecule has 0 aliphatic heterocycles. The molecule has 0 spiro atoms. The highest BCUT2D eigenvalue weighted by atomic mass is 35.5. The van der Waals surface area contributed by atoms with Gasteiger partial charge in [-0.3, -0.25) is 9.52 Å². The number of hydrogen-bond acceptors (Lipinski definition) is 4. The van der Waals surface area contributed by atoms with Gasteiger partial charge in [0, 0.05) is 5.02 Å². The Hall–Kier alpha value is -2.52. The van der Waals surface area contributed by atoms with Crippen LogP contribution in [0.2, 0.25) is 15.1 Å². The SMILES string of the molecule is COc1ccc(S(=O)(=O)Nc2ccc(F)c(Cl)c2)cc1NC(=O)c1ccc(Cl)cc1Cl. The number of rotatable bonds is 6. The first-order valence-electron chi connectivity index (χ1n) is 8.53. The van der Waals surface area contributed by atoms with Crippen molar-refractivity contribution in [3.63, 3.8) is 0 Å². The summed E-state index contributed by atoms with van der Waals surface area (Å²) in [6.45, 7) is 0. The topological polar surface area (TPSA) is 84.5 Å². The van der Waals surface area contributed by atoms with Crippen molar-refractivity contribution >= 4 is 62.1 Å². The third kappa shape index (κ3) is 5.40. The second kappa shape index (κ2) is 9.32. The van der Waals surface area contributed by atoms with Crippen molar-refractivity contribution in [3.05, 3.63) is 81.0 Å². The lowest BCUT2D eigenvalue weighted by molar-refractivity contribution is 0.102. The van der Waals surface area contributed by atoms with E-state index in [-0.39, 0.29) is 37.6 Å². The molecule has 0 atom stereocenters. The molecule has 0 saturated heterocycles. The molecule has 0 bridgehead atoms. The molecular formula is C20H14Cl3FN2O4S. The number of anilines is 2. The first kappa shape index (κ1) is 23.1. The number of ether oxygens (including phenoxy) is 1. The predicted molar refractivity (Wildman–Crippen MR) is 120 cm³/mol. The van der Waals surface area contributed by atoms with Crippen molar-refractivity contribution in [2.45, 2.75) is 4.90 Å². The van der Waals surface area contributed by atoms with Crippen molar-refractivity contribution in [2.24, 2.45) is 0 Å². The van der Waals surface area contributed by atoms with Crippen LogP contribution >= 0.6 is 34.8 Å². The van der Waals surface area contributed by atoms with E-state index in [9.17, 15) is 17.6 Å². The van der Waals surface area contributed by atoms with E-state index in [1.807, 2.05) is 0 Å². The Morgan fingerprint density at radius 3 is 2.35 bits per heavy atom. The Morgan fingerprint density at radius 2 is 1.71 bits per heavy atom. The second-order valence-electron chi connectivity index (χ2n) is 6.17. The Labute approximate surface area is 192 Å². The van der Waals surface area contributed by atoms with Gasteiger partial charge in [-0.05, 0) is 54.6 Å². The molecule has 0 unspecified atom stereocenters. The molecule has 1 amide bonds. The average molecular weight is 504 g/mol. The van der Waals surface area contributed by atoms with Gasteiger partial charge in [0.15, 0.2) is 0 Å². The number of carbonyl (C=O) groups is 1. The van der Waals surface area contributed by atoms with Gasteiger partial charge in [-0.2, -0.15) is 0 Å². The van der Waals surface area contributed by atoms with Gasteiger partial charge >= 0.3 is 0 Å². The maximum absolute atomic E-state index is 13.3. The normalized spacial score (nSPS) is 11.1. The lowest BCUT2D eigenvalue weighted by Crippen LogP contribution is -2.16. The zero-order chi connectivity index (χ0) is 22.8. The number of sulfonamides is 1. The molecular weight excluding hydrogens is 490 g/mol. The summed E-state index contributed by atoms with van der Waals surface area (Å²) in [5, 5.41) is 2.83. The van der Waals surface area contributed by atoms with Crippen molar-refractivity contribution in [3.8, 4) is 5.75 Å². The fourth-order valence-electron chi connectivity index (χ4n) is 2.59. The predicted octanol–water partition coefficient (Wildman–Crippen LogP) is 5.85. The van der Waals surface area contributed by atoms with Crippen LogP contribution in [0.25, 0.3) is 0 Å². The molecule has 6 nitrogen and oxygen atoms in total. The van der Waals surface area contributed by atoms with Gasteiger partial charge in [0.25, 0.3) is 15.9 Å². The van der Waals surface area contributed by atoms with Crippen LogP contribution in [0.15, 0.2) is 59.5 Å². The van der Waals surface area contributed by atoms with Gasteiger partial charge in [0.2, 0.25) is 0 Å². The highest BCUT2D eigenvalue weighted by Crippen LogP contribution is 2.30. The molecule has 0 heterocycles. The van der Waals surface area contributed by atoms with Gasteiger partial charge in [-0.25, -0.2) is 12.8 Å². The van der Waals surface area contributed by atoms with Crippen molar-refractivity contribution in [1.82, 2.24) is 0 Å². The fourth-order valence-corrected chi connectivity index (χ4v) is 4.34. The van der Waals surface area contributed by atoms with Gasteiger partial charge in [0.1, 0.15) is 11.6 Å². The highest BCUT2D eigenvalue weighted by Gasteiger charge is 2.19. The molecule has 0 aliphatic carbocycles. The summed E-state index contributed by atoms with van der Waals surface area (Å²) >= 11 is 17.6. The van der Waals surface area contributed by atoms with Crippen LogP contribution in [0.3, 0.4) is 0 Å². The smallest absolute Gasteiger partial charge is 0.261 e. The van der Waals surface area contributed by atoms with E-state index in [2.05, 4.69) is 10.0 Å². The maximum atomic E-state index is 13.3. The molecule has 0 fully saturated rings. The van der Waals surface area contributed by atoms with Crippen molar-refractivity contribution < 1.29 is 22.3 Å². The van der Waals surface area contributed by atoms with E-state index in [1.54, 1.807) is 0 Å². The lowest BCUT2D eigenvalue weighted by Gasteiger charge is -2.14. The zero-order valence-corrected chi connectivity index (χ0v) is 18.8. The van der Waals surface area contributed by atoms with Crippen LogP contribution in [0, 0.1) is 5.82 Å². The van der Waals surface area contributed by atoms with E-state index in [1.165, 1.54) is 49.6 Å². The molecule has 0 saturated carbocycles. The van der Waals surface area contributed by atoms with Crippen LogP contribution in [-0.4, -0.2) is 21.4 Å². The number of carbonyl (C=O) groups excluding carboxylic acids is 1. The average Bonchev–Trinajstić information content (AvgIpc) is 2.70. The molecule has 3 aromatic rings. The fraction of sp³-hybridized carbons (Fsp3) is 0.0500. The summed E-state index contributed by atoms with van der Waals surface area (Å²) in [6, 6.07) is 11.6. The third-order valence-corrected chi connectivity index (χ3v) is 6.29. The number of hydrogen-bond donors (Lipinski definition) is 2. The number of nitrogens with one attached hydrogen (secondary N) is 2. The minimum absolute atomic E-state index is 0.0701. The summed E-state index contributed by atoms with van der Waals surface area (Å²) < 4.78 is 46.3. The van der Waals surface area contributed by atoms with Crippen LogP contribution in [0.1, 0.15) is 10.4 Å². The van der Waals surface area contributed by atoms with E-state index in [0.29, 0.717) is 5.02 Å². The number of benzene rings is 3. The van der Waals surface area contributed by atoms with Crippen LogP contribution in [-0.2, 0) is 10.0 Å². The molecule has 3 aromatic carbocycles. The second-order valence-corrected chi connectivity index (χ2v) is 9.11. The molecule has 162 valence electrons. The van der Waals surface area contributed by atoms with Crippen molar-refractivity contribution in [2.75, 3.05) is 17.1 Å². The van der Waals surface area contributed by atoms with Gasteiger partial charge in [-0.1, -0.05) is 34.8 Å². The van der Waals surface area contributed by atoms with E-state index < -0.39 is 21.7 Å². The monoisotopic (exact) mass is 502 g/mol. The minimum Gasteiger partial charge on any atom is -0.495 e. The summed E-state index contributed by atoms with van der Waals surface area (Å²) in [7, 11) is -2.72. The summed E-state index contributed by atoms with van der Waals surface area (Å²) in [5.74, 6) is -1.05. The molecule has 0 aromatic heterocycles. The van der Waals surface area contributed by atoms with Gasteiger partial charge < -0.3 is 10.1 Å². The first-order chi connectivity index (χ1) is 14.6. The minimum atomic E-state index is -4.09. The first-order valence-corrected chi connectivity index (χ1v) is 11.1. The van der Waals surface area contributed by atoms with Crippen LogP contribution < -0.4 is 14.8 Å². The molecule has 11 heteroatoms. The van der Waals surface area contributed by atoms with Gasteiger partial charge in [0.05, 0.1) is 39.0 Å². The Morgan fingerprint density at radius 1 is 0.968 bits per heavy atom. The Kier molecular flexibility index (Phi) is 6.96. The van der Waals surface area contributed by atoms with E-state index in [4.69, 9.17) is 39.5 Å². The van der Waals surface area contributed by atoms with Crippen LogP contribution in [0.4, 0.5) is 15.8 Å². The quantitative estimate of drug-likeness (QED) is 0.442. The van der Waals surface area contributed by atoms with Crippen molar-refractivity contribution in [1.29, 1.82) is 0 Å². The molecule has 0 radical (unpaired) electrons. The summed E-state index contributed by atoms with van der Waals surface area (Å²) in [5.41, 5.74) is 0.305.